The fraction of sp³-hybridized carbons (Fsp3) is 0.462. The summed E-state index contributed by atoms with van der Waals surface area (Å²) in [6, 6.07) is 3.41. The Labute approximate surface area is 112 Å². The van der Waals surface area contributed by atoms with E-state index in [1.807, 2.05) is 12.1 Å². The Hall–Kier alpha value is -2.11. The summed E-state index contributed by atoms with van der Waals surface area (Å²) in [4.78, 5) is 25.9. The highest BCUT2D eigenvalue weighted by molar-refractivity contribution is 5.73. The number of hydrogen-bond acceptors (Lipinski definition) is 3. The van der Waals surface area contributed by atoms with Gasteiger partial charge in [0.15, 0.2) is 0 Å². The predicted octanol–water partition coefficient (Wildman–Crippen LogP) is 1.38. The third-order valence-corrected chi connectivity index (χ3v) is 2.72. The van der Waals surface area contributed by atoms with Crippen molar-refractivity contribution in [2.75, 3.05) is 6.54 Å². The third-order valence-electron chi connectivity index (χ3n) is 2.72. The lowest BCUT2D eigenvalue weighted by Gasteiger charge is -2.08. The van der Waals surface area contributed by atoms with Gasteiger partial charge in [0.2, 0.25) is 0 Å². The van der Waals surface area contributed by atoms with E-state index < -0.39 is 5.97 Å². The molecule has 1 aromatic rings. The van der Waals surface area contributed by atoms with Crippen molar-refractivity contribution in [3.8, 4) is 0 Å². The molecule has 0 spiro atoms. The number of carboxylic acid groups (broad SMARTS) is 1. The average molecular weight is 265 g/mol. The van der Waals surface area contributed by atoms with Crippen molar-refractivity contribution < 1.29 is 14.7 Å². The fourth-order valence-electron chi connectivity index (χ4n) is 1.48. The Morgan fingerprint density at radius 2 is 2.00 bits per heavy atom. The number of hydrogen-bond donors (Lipinski definition) is 3. The number of pyridine rings is 1. The van der Waals surface area contributed by atoms with Crippen LogP contribution in [0.15, 0.2) is 24.5 Å². The van der Waals surface area contributed by atoms with E-state index in [4.69, 9.17) is 5.11 Å². The molecular formula is C13H19N3O3. The van der Waals surface area contributed by atoms with E-state index in [9.17, 15) is 9.59 Å². The van der Waals surface area contributed by atoms with Crippen molar-refractivity contribution in [3.63, 3.8) is 0 Å². The van der Waals surface area contributed by atoms with Crippen LogP contribution >= 0.6 is 0 Å². The summed E-state index contributed by atoms with van der Waals surface area (Å²) in [6.07, 6.45) is 4.54. The van der Waals surface area contributed by atoms with Gasteiger partial charge in [0.05, 0.1) is 5.92 Å². The molecule has 6 nitrogen and oxygen atoms in total. The SMILES string of the molecule is CC(CCCNC(=O)NCc1ccncc1)C(=O)O. The van der Waals surface area contributed by atoms with Gasteiger partial charge in [-0.3, -0.25) is 9.78 Å². The van der Waals surface area contributed by atoms with Crippen molar-refractivity contribution in [3.05, 3.63) is 30.1 Å². The van der Waals surface area contributed by atoms with Crippen LogP contribution in [-0.4, -0.2) is 28.6 Å². The summed E-state index contributed by atoms with van der Waals surface area (Å²) >= 11 is 0. The van der Waals surface area contributed by atoms with Crippen LogP contribution in [-0.2, 0) is 11.3 Å². The lowest BCUT2D eigenvalue weighted by Crippen LogP contribution is -2.35. The molecule has 0 aromatic carbocycles. The highest BCUT2D eigenvalue weighted by Crippen LogP contribution is 2.04. The predicted molar refractivity (Wildman–Crippen MR) is 70.5 cm³/mol. The average Bonchev–Trinajstić information content (AvgIpc) is 2.42. The minimum absolute atomic E-state index is 0.250. The summed E-state index contributed by atoms with van der Waals surface area (Å²) in [5, 5.41) is 14.1. The lowest BCUT2D eigenvalue weighted by molar-refractivity contribution is -0.141. The molecule has 1 heterocycles. The van der Waals surface area contributed by atoms with E-state index in [0.717, 1.165) is 5.56 Å². The molecule has 1 aromatic heterocycles. The standard InChI is InChI=1S/C13H19N3O3/c1-10(12(17)18)3-2-6-15-13(19)16-9-11-4-7-14-8-5-11/h4-5,7-8,10H,2-3,6,9H2,1H3,(H,17,18)(H2,15,16,19). The third kappa shape index (κ3) is 6.40. The Balaban J connectivity index is 2.10. The normalized spacial score (nSPS) is 11.6. The van der Waals surface area contributed by atoms with Gasteiger partial charge >= 0.3 is 12.0 Å². The molecule has 6 heteroatoms. The Morgan fingerprint density at radius 1 is 1.32 bits per heavy atom. The first-order chi connectivity index (χ1) is 9.09. The molecule has 3 N–H and O–H groups in total. The first kappa shape index (κ1) is 14.9. The summed E-state index contributed by atoms with van der Waals surface area (Å²) < 4.78 is 0. The van der Waals surface area contributed by atoms with Gasteiger partial charge in [-0.15, -0.1) is 0 Å². The van der Waals surface area contributed by atoms with Crippen LogP contribution in [0.2, 0.25) is 0 Å². The van der Waals surface area contributed by atoms with Crippen molar-refractivity contribution in [2.24, 2.45) is 5.92 Å². The number of carboxylic acids is 1. The zero-order chi connectivity index (χ0) is 14.1. The molecule has 0 fully saturated rings. The minimum atomic E-state index is -0.804. The Kier molecular flexibility index (Phi) is 6.35. The maximum absolute atomic E-state index is 11.4. The van der Waals surface area contributed by atoms with Crippen LogP contribution in [0.25, 0.3) is 0 Å². The Morgan fingerprint density at radius 3 is 2.63 bits per heavy atom. The number of aliphatic carboxylic acids is 1. The van der Waals surface area contributed by atoms with Gasteiger partial charge in [-0.25, -0.2) is 4.79 Å². The van der Waals surface area contributed by atoms with Crippen LogP contribution < -0.4 is 10.6 Å². The zero-order valence-corrected chi connectivity index (χ0v) is 10.9. The number of nitrogens with zero attached hydrogens (tertiary/aromatic N) is 1. The number of nitrogens with one attached hydrogen (secondary N) is 2. The highest BCUT2D eigenvalue weighted by atomic mass is 16.4. The van der Waals surface area contributed by atoms with E-state index in [2.05, 4.69) is 15.6 Å². The summed E-state index contributed by atoms with van der Waals surface area (Å²) in [5.41, 5.74) is 0.977. The Bertz CT molecular complexity index is 409. The van der Waals surface area contributed by atoms with E-state index in [1.54, 1.807) is 19.3 Å². The molecular weight excluding hydrogens is 246 g/mol. The fourth-order valence-corrected chi connectivity index (χ4v) is 1.48. The number of carbonyl (C=O) groups is 2. The molecule has 0 bridgehead atoms. The second-order valence-corrected chi connectivity index (χ2v) is 4.35. The second-order valence-electron chi connectivity index (χ2n) is 4.35. The number of aromatic nitrogens is 1. The first-order valence-electron chi connectivity index (χ1n) is 6.23. The van der Waals surface area contributed by atoms with Gasteiger partial charge in [-0.2, -0.15) is 0 Å². The number of urea groups is 1. The molecule has 0 saturated heterocycles. The first-order valence-corrected chi connectivity index (χ1v) is 6.23. The molecule has 2 amide bonds. The number of carbonyl (C=O) groups excluding carboxylic acids is 1. The largest absolute Gasteiger partial charge is 0.481 e. The smallest absolute Gasteiger partial charge is 0.315 e. The van der Waals surface area contributed by atoms with Crippen LogP contribution in [0, 0.1) is 5.92 Å². The van der Waals surface area contributed by atoms with Crippen LogP contribution in [0.5, 0.6) is 0 Å². The topological polar surface area (TPSA) is 91.3 Å². The zero-order valence-electron chi connectivity index (χ0n) is 10.9. The van der Waals surface area contributed by atoms with Crippen molar-refractivity contribution in [1.29, 1.82) is 0 Å². The molecule has 0 radical (unpaired) electrons. The molecule has 1 unspecified atom stereocenters. The molecule has 0 aliphatic heterocycles. The molecule has 1 rings (SSSR count). The van der Waals surface area contributed by atoms with Gasteiger partial charge in [0, 0.05) is 25.5 Å². The minimum Gasteiger partial charge on any atom is -0.481 e. The summed E-state index contributed by atoms with van der Waals surface area (Å²) in [5.74, 6) is -1.18. The number of amides is 2. The maximum atomic E-state index is 11.4. The second kappa shape index (κ2) is 8.07. The van der Waals surface area contributed by atoms with Crippen molar-refractivity contribution in [2.45, 2.75) is 26.3 Å². The quantitative estimate of drug-likeness (QED) is 0.649. The van der Waals surface area contributed by atoms with Gasteiger partial charge in [0.25, 0.3) is 0 Å². The lowest BCUT2D eigenvalue weighted by atomic mass is 10.1. The monoisotopic (exact) mass is 265 g/mol. The maximum Gasteiger partial charge on any atom is 0.315 e. The van der Waals surface area contributed by atoms with Crippen LogP contribution in [0.3, 0.4) is 0 Å². The molecule has 0 aliphatic rings. The molecule has 19 heavy (non-hydrogen) atoms. The van der Waals surface area contributed by atoms with Gasteiger partial charge in [-0.05, 0) is 30.5 Å². The summed E-state index contributed by atoms with van der Waals surface area (Å²) in [6.45, 7) is 2.57. The van der Waals surface area contributed by atoms with Gasteiger partial charge in [0.1, 0.15) is 0 Å². The summed E-state index contributed by atoms with van der Waals surface area (Å²) in [7, 11) is 0. The molecule has 0 aliphatic carbocycles. The van der Waals surface area contributed by atoms with Crippen LogP contribution in [0.1, 0.15) is 25.3 Å². The van der Waals surface area contributed by atoms with E-state index >= 15 is 0 Å². The number of rotatable bonds is 7. The van der Waals surface area contributed by atoms with Crippen molar-refractivity contribution >= 4 is 12.0 Å². The molecule has 0 saturated carbocycles. The van der Waals surface area contributed by atoms with Gasteiger partial charge in [-0.1, -0.05) is 6.92 Å². The molecule has 1 atom stereocenters. The van der Waals surface area contributed by atoms with Crippen molar-refractivity contribution in [1.82, 2.24) is 15.6 Å². The molecule has 104 valence electrons. The van der Waals surface area contributed by atoms with E-state index in [0.29, 0.717) is 25.9 Å². The highest BCUT2D eigenvalue weighted by Gasteiger charge is 2.09. The van der Waals surface area contributed by atoms with E-state index in [-0.39, 0.29) is 11.9 Å². The van der Waals surface area contributed by atoms with E-state index in [1.165, 1.54) is 0 Å². The van der Waals surface area contributed by atoms with Gasteiger partial charge < -0.3 is 15.7 Å². The van der Waals surface area contributed by atoms with Crippen LogP contribution in [0.4, 0.5) is 4.79 Å².